The van der Waals surface area contributed by atoms with Crippen LogP contribution in [0.25, 0.3) is 0 Å². The molecule has 23 heavy (non-hydrogen) atoms. The van der Waals surface area contributed by atoms with Crippen LogP contribution in [0.2, 0.25) is 0 Å². The molecule has 1 atom stereocenters. The first kappa shape index (κ1) is 23.2. The molecule has 1 rings (SSSR count). The molecule has 0 saturated heterocycles. The van der Waals surface area contributed by atoms with Crippen LogP contribution in [0.5, 0.6) is 0 Å². The summed E-state index contributed by atoms with van der Waals surface area (Å²) < 4.78 is 0. The molecule has 0 saturated carbocycles. The van der Waals surface area contributed by atoms with Gasteiger partial charge >= 0.3 is 0 Å². The predicted octanol–water partition coefficient (Wildman–Crippen LogP) is 5.49. The van der Waals surface area contributed by atoms with Crippen LogP contribution in [0.3, 0.4) is 0 Å². The molecule has 1 unspecified atom stereocenters. The number of carbonyl (C=O) groups excluding carboxylic acids is 1. The minimum atomic E-state index is -1.20. The molecule has 1 N–H and O–H groups in total. The van der Waals surface area contributed by atoms with E-state index in [9.17, 15) is 4.79 Å². The molecule has 0 aliphatic heterocycles. The number of carbonyl (C=O) groups is 1. The topological polar surface area (TPSA) is 29.1 Å². The van der Waals surface area contributed by atoms with Crippen LogP contribution in [0.15, 0.2) is 18.2 Å². The molecular weight excluding hydrogens is 378 g/mol. The van der Waals surface area contributed by atoms with Gasteiger partial charge in [0.15, 0.2) is 0 Å². The van der Waals surface area contributed by atoms with Crippen LogP contribution in [0, 0.1) is 13.8 Å². The molecule has 0 bridgehead atoms. The second kappa shape index (κ2) is 11.0. The number of hydrogen-bond donors (Lipinski definition) is 1. The minimum absolute atomic E-state index is 0. The molecule has 1 radical (unpaired) electrons. The Bertz CT molecular complexity index is 472. The Hall–Kier alpha value is 0.224. The van der Waals surface area contributed by atoms with Gasteiger partial charge in [0.2, 0.25) is 0 Å². The van der Waals surface area contributed by atoms with Crippen molar-refractivity contribution in [1.29, 1.82) is 0 Å². The fraction of sp³-hybridized carbons (Fsp3) is 0.632. The van der Waals surface area contributed by atoms with E-state index < -0.39 is 7.26 Å². The molecule has 0 fully saturated rings. The first-order chi connectivity index (χ1) is 10.5. The van der Waals surface area contributed by atoms with Crippen molar-refractivity contribution >= 4 is 18.9 Å². The van der Waals surface area contributed by atoms with E-state index in [-0.39, 0.29) is 44.3 Å². The summed E-state index contributed by atoms with van der Waals surface area (Å²) in [6, 6.07) is 6.18. The SMILES string of the molecule is CCCC(C(=O)Nc1c(C)cccc1C)[P+](CC)(CC)CC.[Y]. The summed E-state index contributed by atoms with van der Waals surface area (Å²) in [6.45, 7) is 13.1. The van der Waals surface area contributed by atoms with Gasteiger partial charge < -0.3 is 5.32 Å². The van der Waals surface area contributed by atoms with Crippen molar-refractivity contribution in [2.45, 2.75) is 60.0 Å². The predicted molar refractivity (Wildman–Crippen MR) is 102 cm³/mol. The molecule has 1 aromatic carbocycles. The van der Waals surface area contributed by atoms with Gasteiger partial charge in [0.25, 0.3) is 5.91 Å². The van der Waals surface area contributed by atoms with Crippen molar-refractivity contribution in [2.75, 3.05) is 23.8 Å². The molecule has 0 aromatic heterocycles. The summed E-state index contributed by atoms with van der Waals surface area (Å²) in [7, 11) is -1.20. The van der Waals surface area contributed by atoms with Gasteiger partial charge in [0, 0.05) is 45.7 Å². The second-order valence-corrected chi connectivity index (χ2v) is 11.2. The van der Waals surface area contributed by atoms with E-state index in [0.717, 1.165) is 29.7 Å². The van der Waals surface area contributed by atoms with Gasteiger partial charge in [0.1, 0.15) is 5.66 Å². The van der Waals surface area contributed by atoms with E-state index in [2.05, 4.69) is 59.0 Å². The molecule has 2 nitrogen and oxygen atoms in total. The number of para-hydroxylation sites is 1. The number of nitrogens with one attached hydrogen (secondary N) is 1. The Kier molecular flexibility index (Phi) is 11.1. The van der Waals surface area contributed by atoms with Gasteiger partial charge in [-0.15, -0.1) is 0 Å². The Labute approximate surface area is 168 Å². The summed E-state index contributed by atoms with van der Waals surface area (Å²) in [5.41, 5.74) is 3.51. The number of anilines is 1. The van der Waals surface area contributed by atoms with Crippen LogP contribution in [0.1, 0.15) is 51.7 Å². The Morgan fingerprint density at radius 3 is 1.91 bits per heavy atom. The monoisotopic (exact) mass is 411 g/mol. The zero-order valence-electron chi connectivity index (χ0n) is 15.8. The maximum Gasteiger partial charge on any atom is 0.265 e. The van der Waals surface area contributed by atoms with E-state index in [0.29, 0.717) is 0 Å². The summed E-state index contributed by atoms with van der Waals surface area (Å²) in [5.74, 6) is 0.248. The van der Waals surface area contributed by atoms with Gasteiger partial charge in [-0.3, -0.25) is 4.79 Å². The van der Waals surface area contributed by atoms with E-state index in [1.807, 2.05) is 6.07 Å². The zero-order valence-corrected chi connectivity index (χ0v) is 19.5. The first-order valence-corrected chi connectivity index (χ1v) is 11.1. The molecule has 0 aliphatic carbocycles. The molecular formula is C19H33NOPY+. The Balaban J connectivity index is 0.00000484. The maximum atomic E-state index is 13.0. The molecule has 1 aromatic rings. The third kappa shape index (κ3) is 5.62. The van der Waals surface area contributed by atoms with Crippen LogP contribution >= 0.6 is 7.26 Å². The van der Waals surface area contributed by atoms with E-state index in [1.54, 1.807) is 0 Å². The zero-order chi connectivity index (χ0) is 16.8. The third-order valence-corrected chi connectivity index (χ3v) is 10.7. The van der Waals surface area contributed by atoms with Crippen molar-refractivity contribution in [2.24, 2.45) is 0 Å². The number of benzene rings is 1. The second-order valence-electron chi connectivity index (χ2n) is 6.23. The van der Waals surface area contributed by atoms with Crippen molar-refractivity contribution in [3.63, 3.8) is 0 Å². The molecule has 0 spiro atoms. The summed E-state index contributed by atoms with van der Waals surface area (Å²) in [6.07, 6.45) is 5.60. The fourth-order valence-corrected chi connectivity index (χ4v) is 7.51. The number of amides is 1. The number of hydrogen-bond acceptors (Lipinski definition) is 1. The maximum absolute atomic E-state index is 13.0. The quantitative estimate of drug-likeness (QED) is 0.564. The van der Waals surface area contributed by atoms with Crippen molar-refractivity contribution in [3.8, 4) is 0 Å². The van der Waals surface area contributed by atoms with Gasteiger partial charge in [-0.25, -0.2) is 0 Å². The molecule has 0 heterocycles. The molecule has 127 valence electrons. The van der Waals surface area contributed by atoms with Crippen molar-refractivity contribution in [3.05, 3.63) is 29.3 Å². The van der Waals surface area contributed by atoms with E-state index in [4.69, 9.17) is 0 Å². The average Bonchev–Trinajstić information content (AvgIpc) is 2.52. The van der Waals surface area contributed by atoms with Gasteiger partial charge in [0.05, 0.1) is 18.5 Å². The minimum Gasteiger partial charge on any atom is -0.322 e. The smallest absolute Gasteiger partial charge is 0.265 e. The van der Waals surface area contributed by atoms with Gasteiger partial charge in [-0.2, -0.15) is 0 Å². The van der Waals surface area contributed by atoms with Crippen LogP contribution < -0.4 is 5.32 Å². The normalized spacial score (nSPS) is 12.4. The summed E-state index contributed by atoms with van der Waals surface area (Å²) in [4.78, 5) is 13.0. The summed E-state index contributed by atoms with van der Waals surface area (Å²) in [5, 5.41) is 3.26. The fourth-order valence-electron chi connectivity index (χ4n) is 3.48. The number of aryl methyl sites for hydroxylation is 2. The van der Waals surface area contributed by atoms with Crippen LogP contribution in [-0.4, -0.2) is 30.1 Å². The first-order valence-electron chi connectivity index (χ1n) is 8.68. The van der Waals surface area contributed by atoms with Gasteiger partial charge in [-0.1, -0.05) is 31.5 Å². The summed E-state index contributed by atoms with van der Waals surface area (Å²) >= 11 is 0. The molecule has 4 heteroatoms. The number of rotatable bonds is 8. The Morgan fingerprint density at radius 1 is 1.04 bits per heavy atom. The van der Waals surface area contributed by atoms with Crippen molar-refractivity contribution in [1.82, 2.24) is 0 Å². The van der Waals surface area contributed by atoms with E-state index in [1.165, 1.54) is 18.5 Å². The third-order valence-electron chi connectivity index (χ3n) is 5.14. The molecule has 0 aliphatic rings. The van der Waals surface area contributed by atoms with Crippen LogP contribution in [0.4, 0.5) is 5.69 Å². The standard InChI is InChI=1S/C19H32NOP.Y/c1-7-12-17(22(8-2,9-3)10-4)19(21)20-18-15(5)13-11-14-16(18)6;/h11,13-14,17H,7-10,12H2,1-6H3;/p+1. The van der Waals surface area contributed by atoms with E-state index >= 15 is 0 Å². The largest absolute Gasteiger partial charge is 0.322 e. The van der Waals surface area contributed by atoms with Gasteiger partial charge in [-0.05, 0) is 52.2 Å². The Morgan fingerprint density at radius 2 is 1.52 bits per heavy atom. The van der Waals surface area contributed by atoms with Crippen molar-refractivity contribution < 1.29 is 37.5 Å². The molecule has 1 amide bonds. The average molecular weight is 411 g/mol. The van der Waals surface area contributed by atoms with Crippen LogP contribution in [-0.2, 0) is 37.5 Å².